The van der Waals surface area contributed by atoms with Crippen LogP contribution in [0.1, 0.15) is 16.3 Å². The van der Waals surface area contributed by atoms with Gasteiger partial charge in [-0.25, -0.2) is 0 Å². The maximum atomic E-state index is 12.0. The first-order chi connectivity index (χ1) is 10.2. The summed E-state index contributed by atoms with van der Waals surface area (Å²) >= 11 is 1.58. The smallest absolute Gasteiger partial charge is 0.271 e. The van der Waals surface area contributed by atoms with Crippen molar-refractivity contribution in [2.45, 2.75) is 6.42 Å². The molecule has 3 aromatic heterocycles. The highest BCUT2D eigenvalue weighted by molar-refractivity contribution is 7.13. The van der Waals surface area contributed by atoms with Crippen LogP contribution in [0.25, 0.3) is 10.6 Å². The number of H-pyrrole nitrogens is 2. The number of nitrogen functional groups attached to an aromatic ring is 1. The molecule has 21 heavy (non-hydrogen) atoms. The Bertz CT molecular complexity index is 730. The second-order valence-corrected chi connectivity index (χ2v) is 5.24. The number of aromatic amines is 2. The molecular weight excluding hydrogens is 290 g/mol. The summed E-state index contributed by atoms with van der Waals surface area (Å²) in [5.41, 5.74) is 6.58. The molecular formula is C12H13N7OS. The number of nitrogens with zero attached hydrogens (tertiary/aromatic N) is 3. The third-order valence-corrected chi connectivity index (χ3v) is 3.70. The van der Waals surface area contributed by atoms with E-state index < -0.39 is 0 Å². The van der Waals surface area contributed by atoms with Crippen molar-refractivity contribution >= 4 is 23.2 Å². The van der Waals surface area contributed by atoms with E-state index in [0.29, 0.717) is 24.5 Å². The van der Waals surface area contributed by atoms with Gasteiger partial charge in [0.25, 0.3) is 5.91 Å². The molecule has 0 atom stereocenters. The van der Waals surface area contributed by atoms with Gasteiger partial charge in [0.05, 0.1) is 10.6 Å². The molecule has 9 heteroatoms. The summed E-state index contributed by atoms with van der Waals surface area (Å²) < 4.78 is 0. The summed E-state index contributed by atoms with van der Waals surface area (Å²) in [6.45, 7) is 0.425. The number of hydrogen-bond donors (Lipinski definition) is 4. The summed E-state index contributed by atoms with van der Waals surface area (Å²) in [5, 5.41) is 18.0. The van der Waals surface area contributed by atoms with Gasteiger partial charge in [0.15, 0.2) is 5.69 Å². The number of amides is 1. The van der Waals surface area contributed by atoms with E-state index in [1.54, 1.807) is 17.4 Å². The molecule has 0 radical (unpaired) electrons. The van der Waals surface area contributed by atoms with E-state index in [-0.39, 0.29) is 11.9 Å². The van der Waals surface area contributed by atoms with Crippen molar-refractivity contribution in [3.05, 3.63) is 35.1 Å². The summed E-state index contributed by atoms with van der Waals surface area (Å²) in [6, 6.07) is 5.64. The molecule has 0 bridgehead atoms. The maximum Gasteiger partial charge on any atom is 0.271 e. The summed E-state index contributed by atoms with van der Waals surface area (Å²) in [7, 11) is 0. The molecule has 0 aromatic carbocycles. The third kappa shape index (κ3) is 3.08. The van der Waals surface area contributed by atoms with Gasteiger partial charge >= 0.3 is 0 Å². The van der Waals surface area contributed by atoms with Crippen molar-refractivity contribution in [3.8, 4) is 10.6 Å². The standard InChI is InChI=1S/C12H13N7OS/c13-12-15-10(18-19-12)3-4-14-11(20)8-6-7(16-17-8)9-2-1-5-21-9/h1-2,5-6H,3-4H2,(H,14,20)(H,16,17)(H3,13,15,18,19). The van der Waals surface area contributed by atoms with Crippen LogP contribution in [0.5, 0.6) is 0 Å². The van der Waals surface area contributed by atoms with E-state index in [9.17, 15) is 4.79 Å². The van der Waals surface area contributed by atoms with Crippen LogP contribution < -0.4 is 11.1 Å². The fraction of sp³-hybridized carbons (Fsp3) is 0.167. The predicted octanol–water partition coefficient (Wildman–Crippen LogP) is 0.811. The zero-order valence-electron chi connectivity index (χ0n) is 11.0. The summed E-state index contributed by atoms with van der Waals surface area (Å²) in [6.07, 6.45) is 0.526. The van der Waals surface area contributed by atoms with Gasteiger partial charge in [-0.1, -0.05) is 6.07 Å². The molecule has 0 spiro atoms. The number of carbonyl (C=O) groups is 1. The van der Waals surface area contributed by atoms with Gasteiger partial charge in [-0.3, -0.25) is 15.0 Å². The Hall–Kier alpha value is -2.68. The molecule has 0 aliphatic rings. The average Bonchev–Trinajstić information content (AvgIpc) is 3.19. The third-order valence-electron chi connectivity index (χ3n) is 2.79. The first-order valence-electron chi connectivity index (χ1n) is 6.26. The van der Waals surface area contributed by atoms with Gasteiger partial charge in [0.2, 0.25) is 5.95 Å². The number of rotatable bonds is 5. The maximum absolute atomic E-state index is 12.0. The molecule has 0 aliphatic heterocycles. The van der Waals surface area contributed by atoms with Crippen molar-refractivity contribution in [1.29, 1.82) is 0 Å². The van der Waals surface area contributed by atoms with E-state index >= 15 is 0 Å². The Morgan fingerprint density at radius 3 is 3.00 bits per heavy atom. The number of hydrogen-bond acceptors (Lipinski definition) is 6. The number of anilines is 1. The molecule has 3 heterocycles. The first kappa shape index (κ1) is 13.3. The lowest BCUT2D eigenvalue weighted by atomic mass is 10.3. The van der Waals surface area contributed by atoms with E-state index in [2.05, 4.69) is 30.7 Å². The van der Waals surface area contributed by atoms with Crippen LogP contribution in [0.3, 0.4) is 0 Å². The number of nitrogens with one attached hydrogen (secondary N) is 3. The highest BCUT2D eigenvalue weighted by atomic mass is 32.1. The molecule has 1 amide bonds. The van der Waals surface area contributed by atoms with E-state index in [1.807, 2.05) is 17.5 Å². The van der Waals surface area contributed by atoms with Gasteiger partial charge in [-0.2, -0.15) is 10.1 Å². The second-order valence-electron chi connectivity index (χ2n) is 4.29. The average molecular weight is 303 g/mol. The van der Waals surface area contributed by atoms with Crippen LogP contribution >= 0.6 is 11.3 Å². The van der Waals surface area contributed by atoms with E-state index in [1.165, 1.54) is 0 Å². The SMILES string of the molecule is Nc1n[nH]c(CCNC(=O)c2cc(-c3cccs3)[nH]n2)n1. The Morgan fingerprint density at radius 1 is 1.38 bits per heavy atom. The van der Waals surface area contributed by atoms with E-state index in [0.717, 1.165) is 10.6 Å². The Labute approximate surface area is 123 Å². The molecule has 3 aromatic rings. The van der Waals surface area contributed by atoms with Crippen molar-refractivity contribution in [1.82, 2.24) is 30.7 Å². The minimum atomic E-state index is -0.235. The highest BCUT2D eigenvalue weighted by Crippen LogP contribution is 2.22. The minimum absolute atomic E-state index is 0.198. The van der Waals surface area contributed by atoms with E-state index in [4.69, 9.17) is 5.73 Å². The largest absolute Gasteiger partial charge is 0.367 e. The van der Waals surface area contributed by atoms with Crippen LogP contribution in [0, 0.1) is 0 Å². The monoisotopic (exact) mass is 303 g/mol. The van der Waals surface area contributed by atoms with Gasteiger partial charge in [0, 0.05) is 13.0 Å². The Balaban J connectivity index is 1.56. The van der Waals surface area contributed by atoms with Crippen LogP contribution in [0.4, 0.5) is 5.95 Å². The topological polar surface area (TPSA) is 125 Å². The van der Waals surface area contributed by atoms with Crippen LogP contribution in [-0.4, -0.2) is 37.8 Å². The molecule has 8 nitrogen and oxygen atoms in total. The zero-order chi connectivity index (χ0) is 14.7. The molecule has 0 saturated carbocycles. The first-order valence-corrected chi connectivity index (χ1v) is 7.14. The van der Waals surface area contributed by atoms with Crippen LogP contribution in [0.15, 0.2) is 23.6 Å². The van der Waals surface area contributed by atoms with Gasteiger partial charge in [0.1, 0.15) is 5.82 Å². The van der Waals surface area contributed by atoms with Gasteiger partial charge in [-0.05, 0) is 17.5 Å². The summed E-state index contributed by atoms with van der Waals surface area (Å²) in [4.78, 5) is 17.0. The Morgan fingerprint density at radius 2 is 2.29 bits per heavy atom. The lowest BCUT2D eigenvalue weighted by molar-refractivity contribution is 0.0949. The fourth-order valence-corrected chi connectivity index (χ4v) is 2.50. The molecule has 3 rings (SSSR count). The van der Waals surface area contributed by atoms with Crippen molar-refractivity contribution < 1.29 is 4.79 Å². The molecule has 0 fully saturated rings. The molecule has 0 saturated heterocycles. The zero-order valence-corrected chi connectivity index (χ0v) is 11.8. The molecule has 5 N–H and O–H groups in total. The van der Waals surface area contributed by atoms with Crippen LogP contribution in [0.2, 0.25) is 0 Å². The van der Waals surface area contributed by atoms with Crippen molar-refractivity contribution in [2.75, 3.05) is 12.3 Å². The predicted molar refractivity (Wildman–Crippen MR) is 78.7 cm³/mol. The quantitative estimate of drug-likeness (QED) is 0.555. The second kappa shape index (κ2) is 5.75. The molecule has 0 aliphatic carbocycles. The molecule has 108 valence electrons. The lowest BCUT2D eigenvalue weighted by Gasteiger charge is -2.00. The fourth-order valence-electron chi connectivity index (χ4n) is 1.80. The highest BCUT2D eigenvalue weighted by Gasteiger charge is 2.11. The number of nitrogens with two attached hydrogens (primary N) is 1. The van der Waals surface area contributed by atoms with Crippen molar-refractivity contribution in [2.24, 2.45) is 0 Å². The number of aromatic nitrogens is 5. The molecule has 0 unspecified atom stereocenters. The Kier molecular flexibility index (Phi) is 3.65. The minimum Gasteiger partial charge on any atom is -0.367 e. The van der Waals surface area contributed by atoms with Crippen LogP contribution in [-0.2, 0) is 6.42 Å². The van der Waals surface area contributed by atoms with Crippen molar-refractivity contribution in [3.63, 3.8) is 0 Å². The number of carbonyl (C=O) groups excluding carboxylic acids is 1. The summed E-state index contributed by atoms with van der Waals surface area (Å²) in [5.74, 6) is 0.597. The van der Waals surface area contributed by atoms with Gasteiger partial charge in [-0.15, -0.1) is 16.4 Å². The van der Waals surface area contributed by atoms with Gasteiger partial charge < -0.3 is 11.1 Å². The lowest BCUT2D eigenvalue weighted by Crippen LogP contribution is -2.26. The number of thiophene rings is 1. The normalized spacial score (nSPS) is 10.7.